The molecule has 1 unspecified atom stereocenters. The summed E-state index contributed by atoms with van der Waals surface area (Å²) in [5, 5.41) is 19.4. The average Bonchev–Trinajstić information content (AvgIpc) is 2.84. The van der Waals surface area contributed by atoms with Crippen molar-refractivity contribution in [3.8, 4) is 5.75 Å². The third kappa shape index (κ3) is 5.29. The molecule has 0 aromatic heterocycles. The molecule has 1 amide bonds. The molecule has 2 atom stereocenters. The zero-order valence-corrected chi connectivity index (χ0v) is 18.6. The van der Waals surface area contributed by atoms with Crippen molar-refractivity contribution >= 4 is 17.2 Å². The van der Waals surface area contributed by atoms with E-state index < -0.39 is 5.92 Å². The van der Waals surface area contributed by atoms with Crippen LogP contribution in [0.15, 0.2) is 78.9 Å². The number of benzene rings is 3. The second-order valence-corrected chi connectivity index (χ2v) is 7.46. The fourth-order valence-electron chi connectivity index (χ4n) is 3.93. The maximum absolute atomic E-state index is 13.4. The Hall–Kier alpha value is -3.51. The van der Waals surface area contributed by atoms with Crippen LogP contribution in [-0.4, -0.2) is 22.7 Å². The van der Waals surface area contributed by atoms with Gasteiger partial charge in [0.25, 0.3) is 0 Å². The van der Waals surface area contributed by atoms with E-state index in [4.69, 9.17) is 0 Å². The van der Waals surface area contributed by atoms with Gasteiger partial charge < -0.3 is 15.1 Å². The molecular formula is C27H27F2NO3. The second-order valence-electron chi connectivity index (χ2n) is 7.46. The van der Waals surface area contributed by atoms with Gasteiger partial charge in [-0.1, -0.05) is 44.2 Å². The van der Waals surface area contributed by atoms with Gasteiger partial charge in [-0.25, -0.2) is 8.78 Å². The zero-order chi connectivity index (χ0) is 24.0. The number of β-lactam (4-membered cyclic amide) rings is 1. The lowest BCUT2D eigenvalue weighted by molar-refractivity contribution is -0.130. The number of anilines is 1. The van der Waals surface area contributed by atoms with Crippen LogP contribution in [0.1, 0.15) is 37.4 Å². The maximum Gasteiger partial charge on any atom is 0.233 e. The lowest BCUT2D eigenvalue weighted by atomic mass is 9.79. The molecule has 0 radical (unpaired) electrons. The van der Waals surface area contributed by atoms with Crippen molar-refractivity contribution < 1.29 is 23.8 Å². The summed E-state index contributed by atoms with van der Waals surface area (Å²) in [5.74, 6) is -1.13. The molecule has 33 heavy (non-hydrogen) atoms. The van der Waals surface area contributed by atoms with Crippen LogP contribution < -0.4 is 4.90 Å². The Bertz CT molecular complexity index is 1090. The molecule has 1 fully saturated rings. The normalized spacial score (nSPS) is 17.8. The number of rotatable bonds is 6. The van der Waals surface area contributed by atoms with Gasteiger partial charge in [0.2, 0.25) is 5.91 Å². The monoisotopic (exact) mass is 451 g/mol. The Balaban J connectivity index is 0.00000149. The summed E-state index contributed by atoms with van der Waals surface area (Å²) in [7, 11) is 0. The number of phenols is 1. The highest BCUT2D eigenvalue weighted by atomic mass is 19.1. The molecule has 172 valence electrons. The summed E-state index contributed by atoms with van der Waals surface area (Å²) in [5.41, 5.74) is 2.72. The lowest BCUT2D eigenvalue weighted by Gasteiger charge is -2.47. The van der Waals surface area contributed by atoms with Crippen LogP contribution in [0.25, 0.3) is 5.57 Å². The number of aromatic hydroxyl groups is 1. The molecular weight excluding hydrogens is 424 g/mol. The molecule has 1 saturated heterocycles. The first-order valence-corrected chi connectivity index (χ1v) is 10.9. The van der Waals surface area contributed by atoms with E-state index in [0.29, 0.717) is 23.2 Å². The van der Waals surface area contributed by atoms with Gasteiger partial charge in [0.05, 0.1) is 18.6 Å². The number of nitrogens with zero attached hydrogens (tertiary/aromatic N) is 1. The van der Waals surface area contributed by atoms with Crippen molar-refractivity contribution in [1.82, 2.24) is 0 Å². The summed E-state index contributed by atoms with van der Waals surface area (Å²) in [6.07, 6.45) is 2.17. The van der Waals surface area contributed by atoms with E-state index in [0.717, 1.165) is 5.56 Å². The number of phenolic OH excluding ortho intramolecular Hbond substituents is 1. The van der Waals surface area contributed by atoms with Crippen molar-refractivity contribution in [2.75, 3.05) is 11.5 Å². The summed E-state index contributed by atoms with van der Waals surface area (Å²) in [4.78, 5) is 14.6. The van der Waals surface area contributed by atoms with Gasteiger partial charge >= 0.3 is 0 Å². The van der Waals surface area contributed by atoms with Gasteiger partial charge in [0.15, 0.2) is 0 Å². The molecule has 6 heteroatoms. The molecule has 3 aromatic carbocycles. The quantitative estimate of drug-likeness (QED) is 0.461. The zero-order valence-electron chi connectivity index (χ0n) is 18.6. The number of hydrogen-bond donors (Lipinski definition) is 2. The largest absolute Gasteiger partial charge is 0.508 e. The number of carbonyl (C=O) groups excluding carboxylic acids is 1. The summed E-state index contributed by atoms with van der Waals surface area (Å²) in [6, 6.07) is 17.9. The molecule has 3 aromatic rings. The van der Waals surface area contributed by atoms with Crippen molar-refractivity contribution in [3.63, 3.8) is 0 Å². The first-order chi connectivity index (χ1) is 16.0. The molecule has 1 heterocycles. The highest BCUT2D eigenvalue weighted by molar-refractivity contribution is 6.03. The standard InChI is InChI=1S/C25H21F2NO3.C2H6/c26-19-6-1-16(2-7-19)18(15-29)5-14-23-24(17-3-12-22(30)13-4-17)28(25(23)31)21-10-8-20(27)9-11-21;1-2/h1-13,23-24,29-30H,14-15H2;1-2H3/b18-5+;/t23-,24?;/m1./s1. The Kier molecular flexibility index (Phi) is 7.96. The summed E-state index contributed by atoms with van der Waals surface area (Å²) < 4.78 is 26.6. The highest BCUT2D eigenvalue weighted by Gasteiger charge is 2.48. The third-order valence-electron chi connectivity index (χ3n) is 5.56. The van der Waals surface area contributed by atoms with Crippen LogP contribution >= 0.6 is 0 Å². The predicted molar refractivity (Wildman–Crippen MR) is 126 cm³/mol. The molecule has 1 aliphatic rings. The number of aliphatic hydroxyl groups is 1. The van der Waals surface area contributed by atoms with Crippen LogP contribution in [0.5, 0.6) is 5.75 Å². The molecule has 0 saturated carbocycles. The van der Waals surface area contributed by atoms with Crippen molar-refractivity contribution in [1.29, 1.82) is 0 Å². The predicted octanol–water partition coefficient (Wildman–Crippen LogP) is 5.87. The van der Waals surface area contributed by atoms with Crippen LogP contribution in [0.2, 0.25) is 0 Å². The van der Waals surface area contributed by atoms with E-state index in [1.54, 1.807) is 59.5 Å². The van der Waals surface area contributed by atoms with Gasteiger partial charge in [0, 0.05) is 5.69 Å². The third-order valence-corrected chi connectivity index (χ3v) is 5.56. The Labute approximate surface area is 192 Å². The number of halogens is 2. The maximum atomic E-state index is 13.4. The van der Waals surface area contributed by atoms with E-state index in [1.165, 1.54) is 24.3 Å². The smallest absolute Gasteiger partial charge is 0.233 e. The van der Waals surface area contributed by atoms with Crippen molar-refractivity contribution in [3.05, 3.63) is 102 Å². The molecule has 0 aliphatic carbocycles. The topological polar surface area (TPSA) is 60.8 Å². The number of allylic oxidation sites excluding steroid dienone is 1. The van der Waals surface area contributed by atoms with E-state index in [1.807, 2.05) is 13.8 Å². The minimum atomic E-state index is -0.392. The number of hydrogen-bond acceptors (Lipinski definition) is 3. The minimum Gasteiger partial charge on any atom is -0.508 e. The summed E-state index contributed by atoms with van der Waals surface area (Å²) >= 11 is 0. The molecule has 0 spiro atoms. The SMILES string of the molecule is CC.O=C1[C@H](C/C=C(\CO)c2ccc(F)cc2)C(c2ccc(O)cc2)N1c1ccc(F)cc1. The summed E-state index contributed by atoms with van der Waals surface area (Å²) in [6.45, 7) is 3.76. The molecule has 2 N–H and O–H groups in total. The average molecular weight is 452 g/mol. The van der Waals surface area contributed by atoms with Gasteiger partial charge in [-0.3, -0.25) is 4.79 Å². The minimum absolute atomic E-state index is 0.114. The van der Waals surface area contributed by atoms with Gasteiger partial charge in [-0.2, -0.15) is 0 Å². The van der Waals surface area contributed by atoms with Crippen LogP contribution in [0.4, 0.5) is 14.5 Å². The fraction of sp³-hybridized carbons (Fsp3) is 0.222. The first-order valence-electron chi connectivity index (χ1n) is 10.9. The Morgan fingerprint density at radius 1 is 0.909 bits per heavy atom. The van der Waals surface area contributed by atoms with E-state index in [9.17, 15) is 23.8 Å². The number of amides is 1. The van der Waals surface area contributed by atoms with Gasteiger partial charge in [-0.15, -0.1) is 0 Å². The lowest BCUT2D eigenvalue weighted by Crippen LogP contribution is -2.55. The first kappa shape index (κ1) is 24.1. The van der Waals surface area contributed by atoms with E-state index in [-0.39, 0.29) is 35.9 Å². The van der Waals surface area contributed by atoms with Crippen LogP contribution in [0.3, 0.4) is 0 Å². The van der Waals surface area contributed by atoms with E-state index in [2.05, 4.69) is 0 Å². The van der Waals surface area contributed by atoms with Crippen LogP contribution in [-0.2, 0) is 4.79 Å². The number of carbonyl (C=O) groups is 1. The highest BCUT2D eigenvalue weighted by Crippen LogP contribution is 2.45. The Morgan fingerprint density at radius 3 is 2.00 bits per heavy atom. The van der Waals surface area contributed by atoms with E-state index >= 15 is 0 Å². The van der Waals surface area contributed by atoms with Crippen molar-refractivity contribution in [2.24, 2.45) is 5.92 Å². The number of aliphatic hydroxyl groups excluding tert-OH is 1. The molecule has 0 bridgehead atoms. The van der Waals surface area contributed by atoms with Gasteiger partial charge in [0.1, 0.15) is 17.4 Å². The Morgan fingerprint density at radius 2 is 1.45 bits per heavy atom. The van der Waals surface area contributed by atoms with Gasteiger partial charge in [-0.05, 0) is 71.7 Å². The second kappa shape index (κ2) is 10.9. The molecule has 4 nitrogen and oxygen atoms in total. The molecule has 1 aliphatic heterocycles. The fourth-order valence-corrected chi connectivity index (χ4v) is 3.93. The van der Waals surface area contributed by atoms with Crippen LogP contribution in [0, 0.1) is 17.6 Å². The molecule has 4 rings (SSSR count). The van der Waals surface area contributed by atoms with Crippen molar-refractivity contribution in [2.45, 2.75) is 26.3 Å².